The molecule has 2 amide bonds. The lowest BCUT2D eigenvalue weighted by molar-refractivity contribution is -0.124. The summed E-state index contributed by atoms with van der Waals surface area (Å²) in [6.07, 6.45) is 2.06. The summed E-state index contributed by atoms with van der Waals surface area (Å²) in [5.41, 5.74) is 4.74. The van der Waals surface area contributed by atoms with E-state index in [4.69, 9.17) is 5.21 Å². The van der Waals surface area contributed by atoms with Crippen LogP contribution in [0.5, 0.6) is 0 Å². The number of hydrazone groups is 1. The van der Waals surface area contributed by atoms with Crippen molar-refractivity contribution in [2.75, 3.05) is 0 Å². The van der Waals surface area contributed by atoms with Crippen LogP contribution in [0.25, 0.3) is 6.08 Å². The Morgan fingerprint density at radius 3 is 2.46 bits per heavy atom. The number of rotatable bonds is 8. The molecule has 5 N–H and O–H groups in total. The third kappa shape index (κ3) is 6.75. The molecule has 0 unspecified atom stereocenters. The summed E-state index contributed by atoms with van der Waals surface area (Å²) in [7, 11) is 0. The second-order valence-corrected chi connectivity index (χ2v) is 6.24. The highest BCUT2D eigenvalue weighted by Crippen LogP contribution is 2.13. The first-order valence-corrected chi connectivity index (χ1v) is 8.18. The van der Waals surface area contributed by atoms with E-state index in [0.29, 0.717) is 11.1 Å². The molecule has 0 aliphatic rings. The van der Waals surface area contributed by atoms with Crippen LogP contribution in [0.2, 0.25) is 0 Å². The molecule has 1 aromatic carbocycles. The number of amides is 2. The minimum Gasteiger partial charge on any atom is -0.390 e. The van der Waals surface area contributed by atoms with E-state index in [1.54, 1.807) is 45.0 Å². The minimum atomic E-state index is -0.984. The summed E-state index contributed by atoms with van der Waals surface area (Å²) in [5, 5.41) is 32.1. The van der Waals surface area contributed by atoms with Crippen LogP contribution in [-0.4, -0.2) is 45.7 Å². The zero-order chi connectivity index (χ0) is 19.7. The maximum absolute atomic E-state index is 12.1. The van der Waals surface area contributed by atoms with Gasteiger partial charge in [-0.3, -0.25) is 14.8 Å². The van der Waals surface area contributed by atoms with Crippen LogP contribution in [0.4, 0.5) is 0 Å². The zero-order valence-electron chi connectivity index (χ0n) is 15.0. The largest absolute Gasteiger partial charge is 0.390 e. The van der Waals surface area contributed by atoms with Gasteiger partial charge in [0, 0.05) is 23.8 Å². The van der Waals surface area contributed by atoms with Gasteiger partial charge in [-0.25, -0.2) is 10.9 Å². The second-order valence-electron chi connectivity index (χ2n) is 6.24. The average molecular weight is 363 g/mol. The topological polar surface area (TPSA) is 131 Å². The lowest BCUT2D eigenvalue weighted by atomic mass is 9.94. The number of hydroxylamine groups is 1. The van der Waals surface area contributed by atoms with Gasteiger partial charge in [0.05, 0.1) is 12.2 Å². The van der Waals surface area contributed by atoms with Gasteiger partial charge < -0.3 is 10.2 Å². The fourth-order valence-corrected chi connectivity index (χ4v) is 2.06. The van der Waals surface area contributed by atoms with Crippen LogP contribution in [-0.2, 0) is 4.79 Å². The minimum absolute atomic E-state index is 0.0980. The van der Waals surface area contributed by atoms with E-state index in [-0.39, 0.29) is 5.92 Å². The number of nitrogens with zero attached hydrogens (tertiary/aromatic N) is 1. The number of aliphatic hydroxyl groups excluding tert-OH is 2. The molecule has 0 spiro atoms. The Morgan fingerprint density at radius 1 is 1.15 bits per heavy atom. The molecule has 0 fully saturated rings. The van der Waals surface area contributed by atoms with Crippen LogP contribution in [0.3, 0.4) is 0 Å². The predicted octanol–water partition coefficient (Wildman–Crippen LogP) is 0.935. The van der Waals surface area contributed by atoms with Gasteiger partial charge in [-0.1, -0.05) is 32.9 Å². The van der Waals surface area contributed by atoms with E-state index in [1.165, 1.54) is 17.8 Å². The lowest BCUT2D eigenvalue weighted by Gasteiger charge is -2.23. The fraction of sp³-hybridized carbons (Fsp3) is 0.389. The standard InChI is InChI=1S/C18H25N3O5/c1-11(2)16(23)17(24)12(3)10-19-20-18(25)14-6-4-5-13(9-14)7-8-15(22)21-26/h4-12,16-17,23-24,26H,1-3H3,(H,20,25)(H,21,22)/b8-7+,19-10+/t12-,16-,17-/m0/s1. The molecule has 142 valence electrons. The highest BCUT2D eigenvalue weighted by Gasteiger charge is 2.24. The number of hydrogen-bond acceptors (Lipinski definition) is 6. The summed E-state index contributed by atoms with van der Waals surface area (Å²) in [5.74, 6) is -1.69. The van der Waals surface area contributed by atoms with Gasteiger partial charge in [0.15, 0.2) is 0 Å². The summed E-state index contributed by atoms with van der Waals surface area (Å²) >= 11 is 0. The van der Waals surface area contributed by atoms with Crippen molar-refractivity contribution in [2.45, 2.75) is 33.0 Å². The van der Waals surface area contributed by atoms with Crippen LogP contribution < -0.4 is 10.9 Å². The zero-order valence-corrected chi connectivity index (χ0v) is 15.0. The molecule has 0 bridgehead atoms. The number of hydrogen-bond donors (Lipinski definition) is 5. The average Bonchev–Trinajstić information content (AvgIpc) is 2.64. The summed E-state index contributed by atoms with van der Waals surface area (Å²) in [6.45, 7) is 5.28. The summed E-state index contributed by atoms with van der Waals surface area (Å²) in [4.78, 5) is 23.1. The van der Waals surface area contributed by atoms with Gasteiger partial charge in [-0.2, -0.15) is 5.10 Å². The highest BCUT2D eigenvalue weighted by atomic mass is 16.5. The van der Waals surface area contributed by atoms with Gasteiger partial charge in [0.2, 0.25) is 0 Å². The number of benzene rings is 1. The van der Waals surface area contributed by atoms with Gasteiger partial charge in [-0.15, -0.1) is 0 Å². The Balaban J connectivity index is 2.68. The van der Waals surface area contributed by atoms with E-state index in [9.17, 15) is 19.8 Å². The molecule has 0 aliphatic carbocycles. The van der Waals surface area contributed by atoms with Gasteiger partial charge >= 0.3 is 0 Å². The number of aliphatic hydroxyl groups is 2. The van der Waals surface area contributed by atoms with Crippen LogP contribution in [0.15, 0.2) is 35.4 Å². The molecule has 0 saturated heterocycles. The first-order chi connectivity index (χ1) is 12.3. The maximum Gasteiger partial charge on any atom is 0.271 e. The molecular formula is C18H25N3O5. The van der Waals surface area contributed by atoms with E-state index >= 15 is 0 Å². The van der Waals surface area contributed by atoms with Crippen molar-refractivity contribution in [1.82, 2.24) is 10.9 Å². The van der Waals surface area contributed by atoms with Crippen molar-refractivity contribution in [2.24, 2.45) is 16.9 Å². The molecule has 0 aliphatic heterocycles. The first kappa shape index (κ1) is 21.5. The molecule has 0 aromatic heterocycles. The molecule has 8 nitrogen and oxygen atoms in total. The van der Waals surface area contributed by atoms with E-state index < -0.39 is 29.9 Å². The van der Waals surface area contributed by atoms with Gasteiger partial charge in [0.25, 0.3) is 11.8 Å². The van der Waals surface area contributed by atoms with Crippen molar-refractivity contribution in [1.29, 1.82) is 0 Å². The first-order valence-electron chi connectivity index (χ1n) is 8.18. The maximum atomic E-state index is 12.1. The Morgan fingerprint density at radius 2 is 1.85 bits per heavy atom. The quantitative estimate of drug-likeness (QED) is 0.203. The molecule has 0 radical (unpaired) electrons. The molecule has 1 aromatic rings. The number of carbonyl (C=O) groups excluding carboxylic acids is 2. The second kappa shape index (κ2) is 10.4. The molecular weight excluding hydrogens is 338 g/mol. The highest BCUT2D eigenvalue weighted by molar-refractivity contribution is 5.95. The summed E-state index contributed by atoms with van der Waals surface area (Å²) < 4.78 is 0. The molecule has 8 heteroatoms. The Hall–Kier alpha value is -2.55. The molecule has 0 heterocycles. The molecule has 3 atom stereocenters. The molecule has 1 rings (SSSR count). The van der Waals surface area contributed by atoms with Crippen LogP contribution >= 0.6 is 0 Å². The van der Waals surface area contributed by atoms with Crippen molar-refractivity contribution in [3.05, 3.63) is 41.5 Å². The number of nitrogens with one attached hydrogen (secondary N) is 2. The van der Waals surface area contributed by atoms with Crippen molar-refractivity contribution in [3.63, 3.8) is 0 Å². The van der Waals surface area contributed by atoms with Crippen LogP contribution in [0, 0.1) is 11.8 Å². The summed E-state index contributed by atoms with van der Waals surface area (Å²) in [6, 6.07) is 6.45. The monoisotopic (exact) mass is 363 g/mol. The molecule has 0 saturated carbocycles. The molecule has 26 heavy (non-hydrogen) atoms. The van der Waals surface area contributed by atoms with Gasteiger partial charge in [0.1, 0.15) is 0 Å². The van der Waals surface area contributed by atoms with E-state index in [1.807, 2.05) is 0 Å². The van der Waals surface area contributed by atoms with Crippen LogP contribution in [0.1, 0.15) is 36.7 Å². The van der Waals surface area contributed by atoms with E-state index in [0.717, 1.165) is 6.08 Å². The Bertz CT molecular complexity index is 673. The van der Waals surface area contributed by atoms with Crippen molar-refractivity contribution >= 4 is 24.1 Å². The van der Waals surface area contributed by atoms with Crippen molar-refractivity contribution < 1.29 is 25.0 Å². The normalized spacial score (nSPS) is 15.2. The van der Waals surface area contributed by atoms with Gasteiger partial charge in [-0.05, 0) is 29.7 Å². The van der Waals surface area contributed by atoms with Crippen molar-refractivity contribution in [3.8, 4) is 0 Å². The Kier molecular flexibility index (Phi) is 8.63. The fourth-order valence-electron chi connectivity index (χ4n) is 2.06. The van der Waals surface area contributed by atoms with E-state index in [2.05, 4.69) is 10.5 Å². The third-order valence-corrected chi connectivity index (χ3v) is 3.73. The third-order valence-electron chi connectivity index (χ3n) is 3.73. The SMILES string of the molecule is CC(C)[C@H](O)[C@@H](O)[C@@H](C)/C=N/NC(=O)c1cccc(/C=C/C(=O)NO)c1. The smallest absolute Gasteiger partial charge is 0.271 e. The number of carbonyl (C=O) groups is 2. The Labute approximate surface area is 152 Å². The predicted molar refractivity (Wildman–Crippen MR) is 97.4 cm³/mol. The lowest BCUT2D eigenvalue weighted by Crippen LogP contribution is -2.36.